The molecule has 2 atom stereocenters. The Morgan fingerprint density at radius 2 is 2.15 bits per heavy atom. The van der Waals surface area contributed by atoms with Gasteiger partial charge in [0.1, 0.15) is 12.0 Å². The number of oxazole rings is 1. The van der Waals surface area contributed by atoms with Crippen molar-refractivity contribution in [3.8, 4) is 11.6 Å². The second-order valence-electron chi connectivity index (χ2n) is 6.37. The lowest BCUT2D eigenvalue weighted by Crippen LogP contribution is -2.29. The summed E-state index contributed by atoms with van der Waals surface area (Å²) in [4.78, 5) is 29.8. The SMILES string of the molecule is Cc1nc(C(=O)NC2CC(C)c3cccnc32)c(N)nc1-c1ncco1. The average Bonchev–Trinajstić information content (AvgIpc) is 3.26. The Hall–Kier alpha value is -3.29. The van der Waals surface area contributed by atoms with E-state index in [0.29, 0.717) is 23.2 Å². The molecule has 4 rings (SSSR count). The lowest BCUT2D eigenvalue weighted by molar-refractivity contribution is 0.0930. The largest absolute Gasteiger partial charge is 0.443 e. The number of fused-ring (bicyclic) bond motifs is 1. The maximum atomic E-state index is 12.7. The third kappa shape index (κ3) is 2.69. The second-order valence-corrected chi connectivity index (χ2v) is 6.37. The van der Waals surface area contributed by atoms with Crippen LogP contribution in [0.5, 0.6) is 0 Å². The Bertz CT molecular complexity index is 970. The minimum atomic E-state index is -0.368. The molecule has 8 heteroatoms. The fourth-order valence-electron chi connectivity index (χ4n) is 3.33. The molecule has 0 bridgehead atoms. The van der Waals surface area contributed by atoms with Crippen LogP contribution in [0.3, 0.4) is 0 Å². The Kier molecular flexibility index (Phi) is 3.87. The summed E-state index contributed by atoms with van der Waals surface area (Å²) in [5, 5.41) is 2.98. The van der Waals surface area contributed by atoms with Gasteiger partial charge in [0.25, 0.3) is 5.91 Å². The van der Waals surface area contributed by atoms with Crippen LogP contribution in [0, 0.1) is 6.92 Å². The van der Waals surface area contributed by atoms with Crippen LogP contribution in [0.2, 0.25) is 0 Å². The van der Waals surface area contributed by atoms with E-state index in [1.54, 1.807) is 13.1 Å². The molecule has 26 heavy (non-hydrogen) atoms. The molecule has 0 aliphatic heterocycles. The Morgan fingerprint density at radius 1 is 1.31 bits per heavy atom. The van der Waals surface area contributed by atoms with Gasteiger partial charge in [0.05, 0.1) is 23.6 Å². The highest BCUT2D eigenvalue weighted by Gasteiger charge is 2.31. The Balaban J connectivity index is 1.61. The van der Waals surface area contributed by atoms with Crippen molar-refractivity contribution in [2.75, 3.05) is 5.73 Å². The summed E-state index contributed by atoms with van der Waals surface area (Å²) < 4.78 is 5.24. The third-order valence-corrected chi connectivity index (χ3v) is 4.57. The second kappa shape index (κ2) is 6.21. The lowest BCUT2D eigenvalue weighted by atomic mass is 10.1. The summed E-state index contributed by atoms with van der Waals surface area (Å²) >= 11 is 0. The van der Waals surface area contributed by atoms with Crippen molar-refractivity contribution in [2.24, 2.45) is 0 Å². The van der Waals surface area contributed by atoms with Gasteiger partial charge in [-0.3, -0.25) is 9.78 Å². The number of nitrogens with one attached hydrogen (secondary N) is 1. The van der Waals surface area contributed by atoms with Crippen LogP contribution in [-0.4, -0.2) is 25.8 Å². The Morgan fingerprint density at radius 3 is 2.92 bits per heavy atom. The summed E-state index contributed by atoms with van der Waals surface area (Å²) in [6.45, 7) is 3.85. The molecule has 0 spiro atoms. The normalized spacial score (nSPS) is 18.5. The standard InChI is InChI=1S/C18H18N6O2/c1-9-8-12(14-11(9)4-3-5-20-14)23-17(25)15-16(19)24-13(10(2)22-15)18-21-6-7-26-18/h3-7,9,12H,8H2,1-2H3,(H2,19,24)(H,23,25). The van der Waals surface area contributed by atoms with Gasteiger partial charge in [-0.2, -0.15) is 0 Å². The first-order valence-corrected chi connectivity index (χ1v) is 8.34. The van der Waals surface area contributed by atoms with Gasteiger partial charge in [-0.05, 0) is 30.9 Å². The van der Waals surface area contributed by atoms with E-state index in [0.717, 1.165) is 17.7 Å². The highest BCUT2D eigenvalue weighted by atomic mass is 16.3. The first-order chi connectivity index (χ1) is 12.5. The number of nitrogen functional groups attached to an aromatic ring is 1. The van der Waals surface area contributed by atoms with Crippen LogP contribution in [0.25, 0.3) is 11.6 Å². The van der Waals surface area contributed by atoms with Crippen molar-refractivity contribution < 1.29 is 9.21 Å². The van der Waals surface area contributed by atoms with Gasteiger partial charge in [-0.15, -0.1) is 0 Å². The predicted octanol–water partition coefficient (Wildman–Crippen LogP) is 2.40. The summed E-state index contributed by atoms with van der Waals surface area (Å²) in [6.07, 6.45) is 5.48. The van der Waals surface area contributed by atoms with Crippen LogP contribution < -0.4 is 11.1 Å². The van der Waals surface area contributed by atoms with Crippen LogP contribution in [0.15, 0.2) is 35.2 Å². The van der Waals surface area contributed by atoms with E-state index < -0.39 is 0 Å². The first-order valence-electron chi connectivity index (χ1n) is 8.34. The summed E-state index contributed by atoms with van der Waals surface area (Å²) in [7, 11) is 0. The average molecular weight is 350 g/mol. The molecule has 2 unspecified atom stereocenters. The van der Waals surface area contributed by atoms with Crippen molar-refractivity contribution >= 4 is 11.7 Å². The molecule has 3 aromatic rings. The van der Waals surface area contributed by atoms with Gasteiger partial charge < -0.3 is 15.5 Å². The quantitative estimate of drug-likeness (QED) is 0.744. The molecular weight excluding hydrogens is 332 g/mol. The molecule has 3 heterocycles. The minimum absolute atomic E-state index is 0.0357. The number of hydrogen-bond acceptors (Lipinski definition) is 7. The molecule has 1 aliphatic rings. The van der Waals surface area contributed by atoms with Gasteiger partial charge in [0, 0.05) is 6.20 Å². The molecule has 8 nitrogen and oxygen atoms in total. The van der Waals surface area contributed by atoms with Gasteiger partial charge in [0.2, 0.25) is 5.89 Å². The van der Waals surface area contributed by atoms with Gasteiger partial charge in [-0.1, -0.05) is 13.0 Å². The number of nitrogens with zero attached hydrogens (tertiary/aromatic N) is 4. The topological polar surface area (TPSA) is 120 Å². The monoisotopic (exact) mass is 350 g/mol. The zero-order valence-electron chi connectivity index (χ0n) is 14.4. The van der Waals surface area contributed by atoms with Crippen LogP contribution >= 0.6 is 0 Å². The van der Waals surface area contributed by atoms with E-state index in [2.05, 4.69) is 32.2 Å². The van der Waals surface area contributed by atoms with Crippen LogP contribution in [0.4, 0.5) is 5.82 Å². The molecule has 0 aromatic carbocycles. The first kappa shape index (κ1) is 16.2. The van der Waals surface area contributed by atoms with E-state index >= 15 is 0 Å². The zero-order valence-corrected chi connectivity index (χ0v) is 14.4. The van der Waals surface area contributed by atoms with Gasteiger partial charge >= 0.3 is 0 Å². The van der Waals surface area contributed by atoms with E-state index in [9.17, 15) is 4.79 Å². The molecule has 0 saturated carbocycles. The number of carbonyl (C=O) groups is 1. The maximum absolute atomic E-state index is 12.7. The predicted molar refractivity (Wildman–Crippen MR) is 94.2 cm³/mol. The van der Waals surface area contributed by atoms with Crippen molar-refractivity contribution in [3.63, 3.8) is 0 Å². The number of aryl methyl sites for hydroxylation is 1. The molecule has 0 radical (unpaired) electrons. The van der Waals surface area contributed by atoms with Gasteiger partial charge in [0.15, 0.2) is 11.5 Å². The molecule has 0 fully saturated rings. The number of aromatic nitrogens is 4. The fourth-order valence-corrected chi connectivity index (χ4v) is 3.33. The summed E-state index contributed by atoms with van der Waals surface area (Å²) in [5.74, 6) is 0.319. The smallest absolute Gasteiger partial charge is 0.274 e. The van der Waals surface area contributed by atoms with Gasteiger partial charge in [-0.25, -0.2) is 15.0 Å². The van der Waals surface area contributed by atoms with Crippen LogP contribution in [-0.2, 0) is 0 Å². The number of amides is 1. The number of rotatable bonds is 3. The van der Waals surface area contributed by atoms with Crippen molar-refractivity contribution in [2.45, 2.75) is 32.2 Å². The van der Waals surface area contributed by atoms with E-state index in [1.165, 1.54) is 12.5 Å². The van der Waals surface area contributed by atoms with Crippen molar-refractivity contribution in [3.05, 3.63) is 53.4 Å². The molecule has 3 aromatic heterocycles. The number of anilines is 1. The van der Waals surface area contributed by atoms with Crippen molar-refractivity contribution in [1.82, 2.24) is 25.3 Å². The number of nitrogens with two attached hydrogens (primary N) is 1. The number of pyridine rings is 1. The minimum Gasteiger partial charge on any atom is -0.443 e. The molecule has 1 aliphatic carbocycles. The highest BCUT2D eigenvalue weighted by molar-refractivity contribution is 5.97. The lowest BCUT2D eigenvalue weighted by Gasteiger charge is -2.14. The van der Waals surface area contributed by atoms with E-state index in [-0.39, 0.29) is 23.5 Å². The molecule has 3 N–H and O–H groups in total. The number of carbonyl (C=O) groups excluding carboxylic acids is 1. The maximum Gasteiger partial charge on any atom is 0.274 e. The molecular formula is C18H18N6O2. The number of hydrogen-bond donors (Lipinski definition) is 2. The Labute approximate surface area is 149 Å². The zero-order chi connectivity index (χ0) is 18.3. The summed E-state index contributed by atoms with van der Waals surface area (Å²) in [6, 6.07) is 3.79. The molecule has 0 saturated heterocycles. The van der Waals surface area contributed by atoms with Crippen molar-refractivity contribution in [1.29, 1.82) is 0 Å². The fraction of sp³-hybridized carbons (Fsp3) is 0.278. The van der Waals surface area contributed by atoms with E-state index in [1.807, 2.05) is 12.1 Å². The molecule has 1 amide bonds. The van der Waals surface area contributed by atoms with E-state index in [4.69, 9.17) is 10.2 Å². The highest BCUT2D eigenvalue weighted by Crippen LogP contribution is 2.38. The summed E-state index contributed by atoms with van der Waals surface area (Å²) in [5.41, 5.74) is 9.06. The van der Waals surface area contributed by atoms with Crippen LogP contribution in [0.1, 0.15) is 52.7 Å². The molecule has 132 valence electrons. The third-order valence-electron chi connectivity index (χ3n) is 4.57.